The van der Waals surface area contributed by atoms with E-state index < -0.39 is 11.4 Å². The lowest BCUT2D eigenvalue weighted by atomic mass is 9.77. The average molecular weight is 199 g/mol. The zero-order valence-electron chi connectivity index (χ0n) is 9.25. The minimum absolute atomic E-state index is 0.465. The second-order valence-electron chi connectivity index (χ2n) is 4.32. The van der Waals surface area contributed by atoms with Crippen molar-refractivity contribution in [3.8, 4) is 0 Å². The summed E-state index contributed by atoms with van der Waals surface area (Å²) in [4.78, 5) is 13.5. The largest absolute Gasteiger partial charge is 0.481 e. The maximum atomic E-state index is 11.2. The first-order valence-electron chi connectivity index (χ1n) is 5.60. The number of hydrogen-bond acceptors (Lipinski definition) is 2. The van der Waals surface area contributed by atoms with Crippen molar-refractivity contribution in [2.45, 2.75) is 39.5 Å². The highest BCUT2D eigenvalue weighted by Gasteiger charge is 2.40. The lowest BCUT2D eigenvalue weighted by Crippen LogP contribution is -2.47. The molecule has 1 aliphatic rings. The molecule has 1 unspecified atom stereocenters. The van der Waals surface area contributed by atoms with Gasteiger partial charge in [-0.3, -0.25) is 4.79 Å². The summed E-state index contributed by atoms with van der Waals surface area (Å²) < 4.78 is 0. The molecule has 1 N–H and O–H groups in total. The fourth-order valence-corrected chi connectivity index (χ4v) is 2.35. The summed E-state index contributed by atoms with van der Waals surface area (Å²) in [6.07, 6.45) is 3.74. The molecule has 0 aliphatic carbocycles. The first kappa shape index (κ1) is 11.5. The zero-order chi connectivity index (χ0) is 10.6. The maximum absolute atomic E-state index is 11.2. The monoisotopic (exact) mass is 199 g/mol. The molecular weight excluding hydrogens is 178 g/mol. The molecule has 0 bridgehead atoms. The Bertz CT molecular complexity index is 203. The molecule has 1 saturated heterocycles. The molecule has 0 aromatic heterocycles. The predicted molar refractivity (Wildman–Crippen MR) is 56.3 cm³/mol. The van der Waals surface area contributed by atoms with Crippen molar-refractivity contribution < 1.29 is 9.90 Å². The third kappa shape index (κ3) is 2.27. The van der Waals surface area contributed by atoms with E-state index in [0.29, 0.717) is 0 Å². The Labute approximate surface area is 86.1 Å². The van der Waals surface area contributed by atoms with Crippen LogP contribution in [0.25, 0.3) is 0 Å². The van der Waals surface area contributed by atoms with E-state index in [9.17, 15) is 9.90 Å². The summed E-state index contributed by atoms with van der Waals surface area (Å²) in [6.45, 7) is 6.98. The van der Waals surface area contributed by atoms with E-state index in [4.69, 9.17) is 0 Å². The van der Waals surface area contributed by atoms with Crippen molar-refractivity contribution in [3.05, 3.63) is 0 Å². The first-order valence-corrected chi connectivity index (χ1v) is 5.60. The third-order valence-electron chi connectivity index (χ3n) is 3.33. The van der Waals surface area contributed by atoms with E-state index in [1.807, 2.05) is 6.92 Å². The Morgan fingerprint density at radius 1 is 1.50 bits per heavy atom. The molecule has 3 heteroatoms. The maximum Gasteiger partial charge on any atom is 0.310 e. The van der Waals surface area contributed by atoms with Crippen molar-refractivity contribution in [3.63, 3.8) is 0 Å². The minimum Gasteiger partial charge on any atom is -0.481 e. The van der Waals surface area contributed by atoms with Crippen LogP contribution in [0.1, 0.15) is 39.5 Å². The number of hydrogen-bond donors (Lipinski definition) is 1. The van der Waals surface area contributed by atoms with E-state index >= 15 is 0 Å². The summed E-state index contributed by atoms with van der Waals surface area (Å²) in [5, 5.41) is 9.25. The van der Waals surface area contributed by atoms with Crippen LogP contribution in [0.5, 0.6) is 0 Å². The van der Waals surface area contributed by atoms with Crippen LogP contribution in [0.2, 0.25) is 0 Å². The molecule has 1 heterocycles. The highest BCUT2D eigenvalue weighted by molar-refractivity contribution is 5.75. The second kappa shape index (κ2) is 4.78. The van der Waals surface area contributed by atoms with E-state index in [1.165, 1.54) is 0 Å². The second-order valence-corrected chi connectivity index (χ2v) is 4.32. The molecule has 0 aromatic carbocycles. The molecule has 1 rings (SSSR count). The smallest absolute Gasteiger partial charge is 0.310 e. The number of nitrogens with zero attached hydrogens (tertiary/aromatic N) is 1. The minimum atomic E-state index is -0.610. The number of carbonyl (C=O) groups is 1. The van der Waals surface area contributed by atoms with E-state index in [0.717, 1.165) is 45.3 Å². The Hall–Kier alpha value is -0.570. The summed E-state index contributed by atoms with van der Waals surface area (Å²) in [5.41, 5.74) is -0.465. The fourth-order valence-electron chi connectivity index (χ4n) is 2.35. The number of rotatable bonds is 4. The number of piperidine rings is 1. The van der Waals surface area contributed by atoms with Gasteiger partial charge in [0.2, 0.25) is 0 Å². The lowest BCUT2D eigenvalue weighted by Gasteiger charge is -2.39. The molecule has 0 saturated carbocycles. The molecule has 0 aromatic rings. The van der Waals surface area contributed by atoms with Crippen molar-refractivity contribution in [1.82, 2.24) is 4.90 Å². The van der Waals surface area contributed by atoms with Crippen LogP contribution in [-0.2, 0) is 4.79 Å². The Balaban J connectivity index is 2.64. The number of carboxylic acids is 1. The van der Waals surface area contributed by atoms with Crippen molar-refractivity contribution in [1.29, 1.82) is 0 Å². The average Bonchev–Trinajstić information content (AvgIpc) is 2.18. The Morgan fingerprint density at radius 2 is 2.21 bits per heavy atom. The van der Waals surface area contributed by atoms with Gasteiger partial charge in [-0.2, -0.15) is 0 Å². The molecule has 82 valence electrons. The van der Waals surface area contributed by atoms with E-state index in [2.05, 4.69) is 11.8 Å². The van der Waals surface area contributed by atoms with Gasteiger partial charge in [-0.25, -0.2) is 0 Å². The van der Waals surface area contributed by atoms with Gasteiger partial charge in [0.15, 0.2) is 0 Å². The van der Waals surface area contributed by atoms with Crippen LogP contribution in [-0.4, -0.2) is 35.6 Å². The van der Waals surface area contributed by atoms with Gasteiger partial charge in [0, 0.05) is 6.54 Å². The van der Waals surface area contributed by atoms with Crippen LogP contribution in [0.3, 0.4) is 0 Å². The van der Waals surface area contributed by atoms with Gasteiger partial charge in [-0.1, -0.05) is 13.8 Å². The van der Waals surface area contributed by atoms with E-state index in [1.54, 1.807) is 0 Å². The third-order valence-corrected chi connectivity index (χ3v) is 3.33. The molecular formula is C11H21NO2. The molecule has 0 amide bonds. The SMILES string of the molecule is CCCN1CCCC(CC)(C(=O)O)C1. The van der Waals surface area contributed by atoms with Gasteiger partial charge in [-0.15, -0.1) is 0 Å². The summed E-state index contributed by atoms with van der Waals surface area (Å²) >= 11 is 0. The van der Waals surface area contributed by atoms with Gasteiger partial charge in [0.1, 0.15) is 0 Å². The van der Waals surface area contributed by atoms with Crippen LogP contribution < -0.4 is 0 Å². The molecule has 1 fully saturated rings. The molecule has 3 nitrogen and oxygen atoms in total. The zero-order valence-corrected chi connectivity index (χ0v) is 9.25. The van der Waals surface area contributed by atoms with Gasteiger partial charge in [0.25, 0.3) is 0 Å². The Morgan fingerprint density at radius 3 is 2.71 bits per heavy atom. The van der Waals surface area contributed by atoms with Crippen LogP contribution in [0.4, 0.5) is 0 Å². The van der Waals surface area contributed by atoms with Crippen molar-refractivity contribution in [2.24, 2.45) is 5.41 Å². The highest BCUT2D eigenvalue weighted by atomic mass is 16.4. The molecule has 0 radical (unpaired) electrons. The van der Waals surface area contributed by atoms with Crippen LogP contribution >= 0.6 is 0 Å². The number of aliphatic carboxylic acids is 1. The van der Waals surface area contributed by atoms with Crippen LogP contribution in [0.15, 0.2) is 0 Å². The normalized spacial score (nSPS) is 29.0. The molecule has 1 atom stereocenters. The van der Waals surface area contributed by atoms with Crippen molar-refractivity contribution >= 4 is 5.97 Å². The fraction of sp³-hybridized carbons (Fsp3) is 0.909. The molecule has 0 spiro atoms. The topological polar surface area (TPSA) is 40.5 Å². The van der Waals surface area contributed by atoms with Gasteiger partial charge in [0.05, 0.1) is 5.41 Å². The van der Waals surface area contributed by atoms with Gasteiger partial charge >= 0.3 is 5.97 Å². The number of carboxylic acid groups (broad SMARTS) is 1. The van der Waals surface area contributed by atoms with Gasteiger partial charge in [-0.05, 0) is 38.8 Å². The first-order chi connectivity index (χ1) is 6.64. The standard InChI is InChI=1S/C11H21NO2/c1-3-7-12-8-5-6-11(4-2,9-12)10(13)14/h3-9H2,1-2H3,(H,13,14). The molecule has 14 heavy (non-hydrogen) atoms. The highest BCUT2D eigenvalue weighted by Crippen LogP contribution is 2.33. The molecule has 1 aliphatic heterocycles. The Kier molecular flexibility index (Phi) is 3.93. The number of likely N-dealkylation sites (tertiary alicyclic amines) is 1. The quantitative estimate of drug-likeness (QED) is 0.752. The summed E-state index contributed by atoms with van der Waals surface area (Å²) in [7, 11) is 0. The summed E-state index contributed by atoms with van der Waals surface area (Å²) in [5.74, 6) is -0.610. The predicted octanol–water partition coefficient (Wildman–Crippen LogP) is 1.97. The van der Waals surface area contributed by atoms with Crippen LogP contribution in [0, 0.1) is 5.41 Å². The lowest BCUT2D eigenvalue weighted by molar-refractivity contribution is -0.152. The van der Waals surface area contributed by atoms with E-state index in [-0.39, 0.29) is 0 Å². The van der Waals surface area contributed by atoms with Crippen molar-refractivity contribution in [2.75, 3.05) is 19.6 Å². The van der Waals surface area contributed by atoms with Gasteiger partial charge < -0.3 is 10.0 Å². The summed E-state index contributed by atoms with van der Waals surface area (Å²) in [6, 6.07) is 0.